The Bertz CT molecular complexity index is 308. The maximum absolute atomic E-state index is 12.1. The van der Waals surface area contributed by atoms with Crippen LogP contribution in [0.5, 0.6) is 0 Å². The number of carbonyl (C=O) groups excluding carboxylic acids is 1. The van der Waals surface area contributed by atoms with Crippen LogP contribution in [-0.2, 0) is 4.79 Å². The lowest BCUT2D eigenvalue weighted by atomic mass is 9.91. The van der Waals surface area contributed by atoms with Gasteiger partial charge in [0.25, 0.3) is 0 Å². The zero-order chi connectivity index (χ0) is 13.9. The lowest BCUT2D eigenvalue weighted by Gasteiger charge is -2.27. The third-order valence-corrected chi connectivity index (χ3v) is 4.79. The molecule has 1 amide bonds. The molecule has 0 radical (unpaired) electrons. The molecule has 0 aromatic rings. The fraction of sp³-hybridized carbons (Fsp3) is 0.938. The van der Waals surface area contributed by atoms with E-state index in [1.54, 1.807) is 0 Å². The molecule has 0 spiro atoms. The van der Waals surface area contributed by atoms with Crippen molar-refractivity contribution in [3.8, 4) is 0 Å². The smallest absolute Gasteiger partial charge is 0.223 e. The van der Waals surface area contributed by atoms with Crippen LogP contribution >= 0.6 is 0 Å². The fourth-order valence-corrected chi connectivity index (χ4v) is 3.83. The van der Waals surface area contributed by atoms with E-state index in [2.05, 4.69) is 26.1 Å². The van der Waals surface area contributed by atoms with E-state index in [0.717, 1.165) is 25.6 Å². The molecular formula is C16H30N2O. The Hall–Kier alpha value is -0.570. The van der Waals surface area contributed by atoms with Gasteiger partial charge in [0, 0.05) is 32.1 Å². The molecule has 2 atom stereocenters. The third-order valence-electron chi connectivity index (χ3n) is 4.79. The minimum Gasteiger partial charge on any atom is -0.343 e. The number of amides is 1. The molecule has 19 heavy (non-hydrogen) atoms. The van der Waals surface area contributed by atoms with Crippen LogP contribution in [0, 0.1) is 11.3 Å². The number of nitrogens with zero attached hydrogens (tertiary/aromatic N) is 1. The molecule has 2 fully saturated rings. The first-order valence-corrected chi connectivity index (χ1v) is 7.99. The summed E-state index contributed by atoms with van der Waals surface area (Å²) >= 11 is 0. The van der Waals surface area contributed by atoms with Crippen LogP contribution in [0.1, 0.15) is 59.3 Å². The standard InChI is InChI=1S/C16H30N2O/c1-13-11-16(2,3)12-14(13)17-8-7-15(19)18-9-5-4-6-10-18/h13-14,17H,4-12H2,1-3H3. The first kappa shape index (κ1) is 14.8. The number of carbonyl (C=O) groups is 1. The lowest BCUT2D eigenvalue weighted by Crippen LogP contribution is -2.39. The van der Waals surface area contributed by atoms with Crippen molar-refractivity contribution in [3.05, 3.63) is 0 Å². The number of hydrogen-bond donors (Lipinski definition) is 1. The summed E-state index contributed by atoms with van der Waals surface area (Å²) in [6, 6.07) is 0.601. The summed E-state index contributed by atoms with van der Waals surface area (Å²) in [4.78, 5) is 14.1. The Morgan fingerprint density at radius 1 is 1.21 bits per heavy atom. The summed E-state index contributed by atoms with van der Waals surface area (Å²) in [5.74, 6) is 1.08. The average molecular weight is 266 g/mol. The summed E-state index contributed by atoms with van der Waals surface area (Å²) in [6.45, 7) is 9.84. The molecule has 1 heterocycles. The normalized spacial score (nSPS) is 30.6. The molecule has 110 valence electrons. The second-order valence-corrected chi connectivity index (χ2v) is 7.30. The number of piperidine rings is 1. The molecular weight excluding hydrogens is 236 g/mol. The van der Waals surface area contributed by atoms with Crippen molar-refractivity contribution in [2.45, 2.75) is 65.3 Å². The zero-order valence-electron chi connectivity index (χ0n) is 12.9. The Morgan fingerprint density at radius 2 is 1.89 bits per heavy atom. The first-order valence-electron chi connectivity index (χ1n) is 7.99. The summed E-state index contributed by atoms with van der Waals surface area (Å²) in [6.07, 6.45) is 6.87. The van der Waals surface area contributed by atoms with E-state index in [0.29, 0.717) is 23.8 Å². The zero-order valence-corrected chi connectivity index (χ0v) is 12.9. The van der Waals surface area contributed by atoms with Crippen molar-refractivity contribution < 1.29 is 4.79 Å². The van der Waals surface area contributed by atoms with Gasteiger partial charge in [-0.25, -0.2) is 0 Å². The molecule has 0 bridgehead atoms. The highest BCUT2D eigenvalue weighted by Crippen LogP contribution is 2.40. The van der Waals surface area contributed by atoms with Gasteiger partial charge in [-0.3, -0.25) is 4.79 Å². The van der Waals surface area contributed by atoms with E-state index in [9.17, 15) is 4.79 Å². The molecule has 0 aromatic heterocycles. The SMILES string of the molecule is CC1CC(C)(C)CC1NCCC(=O)N1CCCCC1. The van der Waals surface area contributed by atoms with E-state index >= 15 is 0 Å². The molecule has 1 saturated heterocycles. The van der Waals surface area contributed by atoms with Crippen LogP contribution in [0.25, 0.3) is 0 Å². The molecule has 0 aromatic carbocycles. The van der Waals surface area contributed by atoms with Crippen LogP contribution in [0.4, 0.5) is 0 Å². The van der Waals surface area contributed by atoms with Crippen molar-refractivity contribution in [2.75, 3.05) is 19.6 Å². The maximum Gasteiger partial charge on any atom is 0.223 e. The highest BCUT2D eigenvalue weighted by molar-refractivity contribution is 5.76. The molecule has 2 rings (SSSR count). The second kappa shape index (κ2) is 6.25. The van der Waals surface area contributed by atoms with E-state index in [1.165, 1.54) is 32.1 Å². The van der Waals surface area contributed by atoms with Crippen LogP contribution in [0.2, 0.25) is 0 Å². The van der Waals surface area contributed by atoms with E-state index in [1.807, 2.05) is 4.90 Å². The third kappa shape index (κ3) is 4.20. The number of likely N-dealkylation sites (tertiary alicyclic amines) is 1. The van der Waals surface area contributed by atoms with Crippen molar-refractivity contribution >= 4 is 5.91 Å². The predicted molar refractivity (Wildman–Crippen MR) is 79.0 cm³/mol. The van der Waals surface area contributed by atoms with Gasteiger partial charge in [-0.05, 0) is 43.4 Å². The Morgan fingerprint density at radius 3 is 2.47 bits per heavy atom. The fourth-order valence-electron chi connectivity index (χ4n) is 3.83. The summed E-state index contributed by atoms with van der Waals surface area (Å²) in [5, 5.41) is 3.61. The van der Waals surface area contributed by atoms with Crippen LogP contribution in [0.3, 0.4) is 0 Å². The van der Waals surface area contributed by atoms with Crippen LogP contribution in [0.15, 0.2) is 0 Å². The number of rotatable bonds is 4. The molecule has 2 aliphatic rings. The van der Waals surface area contributed by atoms with Gasteiger partial charge < -0.3 is 10.2 Å². The predicted octanol–water partition coefficient (Wildman–Crippen LogP) is 2.80. The quantitative estimate of drug-likeness (QED) is 0.848. The van der Waals surface area contributed by atoms with Gasteiger partial charge in [0.05, 0.1) is 0 Å². The summed E-state index contributed by atoms with van der Waals surface area (Å²) in [7, 11) is 0. The monoisotopic (exact) mass is 266 g/mol. The maximum atomic E-state index is 12.1. The van der Waals surface area contributed by atoms with Gasteiger partial charge >= 0.3 is 0 Å². The van der Waals surface area contributed by atoms with E-state index in [4.69, 9.17) is 0 Å². The minimum absolute atomic E-state index is 0.345. The molecule has 2 unspecified atom stereocenters. The number of nitrogens with one attached hydrogen (secondary N) is 1. The van der Waals surface area contributed by atoms with Crippen molar-refractivity contribution in [1.82, 2.24) is 10.2 Å². The molecule has 3 nitrogen and oxygen atoms in total. The van der Waals surface area contributed by atoms with Gasteiger partial charge in [0.2, 0.25) is 5.91 Å². The molecule has 3 heteroatoms. The van der Waals surface area contributed by atoms with Crippen molar-refractivity contribution in [3.63, 3.8) is 0 Å². The van der Waals surface area contributed by atoms with Gasteiger partial charge in [-0.1, -0.05) is 20.8 Å². The Balaban J connectivity index is 1.67. The largest absolute Gasteiger partial charge is 0.343 e. The Kier molecular flexibility index (Phi) is 4.88. The highest BCUT2D eigenvalue weighted by atomic mass is 16.2. The molecule has 1 saturated carbocycles. The molecule has 1 aliphatic heterocycles. The van der Waals surface area contributed by atoms with Gasteiger partial charge in [-0.15, -0.1) is 0 Å². The summed E-state index contributed by atoms with van der Waals surface area (Å²) < 4.78 is 0. The van der Waals surface area contributed by atoms with Crippen LogP contribution < -0.4 is 5.32 Å². The highest BCUT2D eigenvalue weighted by Gasteiger charge is 2.36. The summed E-state index contributed by atoms with van der Waals surface area (Å²) in [5.41, 5.74) is 0.466. The van der Waals surface area contributed by atoms with E-state index in [-0.39, 0.29) is 0 Å². The topological polar surface area (TPSA) is 32.3 Å². The second-order valence-electron chi connectivity index (χ2n) is 7.30. The van der Waals surface area contributed by atoms with E-state index < -0.39 is 0 Å². The van der Waals surface area contributed by atoms with Gasteiger partial charge in [-0.2, -0.15) is 0 Å². The average Bonchev–Trinajstić information content (AvgIpc) is 2.63. The van der Waals surface area contributed by atoms with Crippen molar-refractivity contribution in [2.24, 2.45) is 11.3 Å². The Labute approximate surface area is 118 Å². The lowest BCUT2D eigenvalue weighted by molar-refractivity contribution is -0.132. The van der Waals surface area contributed by atoms with Gasteiger partial charge in [0.15, 0.2) is 0 Å². The van der Waals surface area contributed by atoms with Crippen molar-refractivity contribution in [1.29, 1.82) is 0 Å². The van der Waals surface area contributed by atoms with Crippen LogP contribution in [-0.4, -0.2) is 36.5 Å². The number of hydrogen-bond acceptors (Lipinski definition) is 2. The minimum atomic E-state index is 0.345. The molecule has 1 aliphatic carbocycles. The van der Waals surface area contributed by atoms with Gasteiger partial charge in [0.1, 0.15) is 0 Å². The first-order chi connectivity index (χ1) is 8.98. The molecule has 1 N–H and O–H groups in total.